The molecule has 0 aliphatic carbocycles. The first-order chi connectivity index (χ1) is 11.5. The summed E-state index contributed by atoms with van der Waals surface area (Å²) in [5.41, 5.74) is 0.831. The summed E-state index contributed by atoms with van der Waals surface area (Å²) in [6.07, 6.45) is 0. The molecule has 1 aromatic heterocycles. The van der Waals surface area contributed by atoms with Gasteiger partial charge in [0.15, 0.2) is 5.11 Å². The number of thiocarbonyl (C=S) groups is 1. The van der Waals surface area contributed by atoms with Gasteiger partial charge in [-0.15, -0.1) is 11.3 Å². The molecular formula is C16H9Cl2IN2OS2. The monoisotopic (exact) mass is 506 g/mol. The van der Waals surface area contributed by atoms with Crippen molar-refractivity contribution in [3.05, 3.63) is 61.0 Å². The Balaban J connectivity index is 1.79. The summed E-state index contributed by atoms with van der Waals surface area (Å²) in [6.45, 7) is 0. The fraction of sp³-hybridized carbons (Fsp3) is 0. The molecule has 1 amide bonds. The van der Waals surface area contributed by atoms with Crippen LogP contribution in [0.4, 0.5) is 5.69 Å². The first-order valence-corrected chi connectivity index (χ1v) is 9.76. The zero-order chi connectivity index (χ0) is 17.3. The summed E-state index contributed by atoms with van der Waals surface area (Å²) >= 11 is 21.0. The minimum atomic E-state index is -0.347. The van der Waals surface area contributed by atoms with Crippen LogP contribution >= 0.6 is 69.3 Å². The van der Waals surface area contributed by atoms with E-state index < -0.39 is 0 Å². The maximum Gasteiger partial charge on any atom is 0.269 e. The maximum atomic E-state index is 12.5. The van der Waals surface area contributed by atoms with Gasteiger partial charge in [0.25, 0.3) is 5.91 Å². The summed E-state index contributed by atoms with van der Waals surface area (Å²) in [6, 6.07) is 13.0. The van der Waals surface area contributed by atoms with Gasteiger partial charge in [0.1, 0.15) is 4.88 Å². The molecule has 0 bridgehead atoms. The second-order valence-electron chi connectivity index (χ2n) is 4.77. The SMILES string of the molecule is O=C(NC(=S)Nc1ccccc1I)c1sc2cc(Cl)ccc2c1Cl. The van der Waals surface area contributed by atoms with Crippen LogP contribution in [-0.2, 0) is 0 Å². The Kier molecular flexibility index (Phi) is 5.61. The number of amides is 1. The van der Waals surface area contributed by atoms with E-state index in [2.05, 4.69) is 33.2 Å². The molecule has 8 heteroatoms. The van der Waals surface area contributed by atoms with Crippen LogP contribution in [0.25, 0.3) is 10.1 Å². The minimum Gasteiger partial charge on any atom is -0.332 e. The van der Waals surface area contributed by atoms with Crippen LogP contribution in [-0.4, -0.2) is 11.0 Å². The summed E-state index contributed by atoms with van der Waals surface area (Å²) < 4.78 is 1.86. The van der Waals surface area contributed by atoms with Gasteiger partial charge in [-0.3, -0.25) is 10.1 Å². The van der Waals surface area contributed by atoms with E-state index in [0.29, 0.717) is 14.9 Å². The lowest BCUT2D eigenvalue weighted by Gasteiger charge is -2.10. The average Bonchev–Trinajstić information content (AvgIpc) is 2.86. The fourth-order valence-corrected chi connectivity index (χ4v) is 4.47. The Labute approximate surface area is 171 Å². The normalized spacial score (nSPS) is 10.6. The van der Waals surface area contributed by atoms with Crippen molar-refractivity contribution in [3.8, 4) is 0 Å². The van der Waals surface area contributed by atoms with E-state index in [1.54, 1.807) is 18.2 Å². The smallest absolute Gasteiger partial charge is 0.269 e. The van der Waals surface area contributed by atoms with Gasteiger partial charge < -0.3 is 5.32 Å². The number of para-hydroxylation sites is 1. The molecule has 0 spiro atoms. The molecule has 1 heterocycles. The Bertz CT molecular complexity index is 958. The number of fused-ring (bicyclic) bond motifs is 1. The lowest BCUT2D eigenvalue weighted by atomic mass is 10.2. The lowest BCUT2D eigenvalue weighted by Crippen LogP contribution is -2.34. The minimum absolute atomic E-state index is 0.218. The Morgan fingerprint density at radius 3 is 2.67 bits per heavy atom. The standard InChI is InChI=1S/C16H9Cl2IN2OS2/c17-8-5-6-9-12(7-8)24-14(13(9)18)15(22)21-16(23)20-11-4-2-1-3-10(11)19/h1-7H,(H2,20,21,22,23). The van der Waals surface area contributed by atoms with Crippen LogP contribution in [0.1, 0.15) is 9.67 Å². The third-order valence-corrected chi connectivity index (χ3v) is 6.18. The second kappa shape index (κ2) is 7.53. The van der Waals surface area contributed by atoms with E-state index in [0.717, 1.165) is 19.3 Å². The van der Waals surface area contributed by atoms with Gasteiger partial charge >= 0.3 is 0 Å². The van der Waals surface area contributed by atoms with Crippen LogP contribution < -0.4 is 10.6 Å². The molecule has 3 nitrogen and oxygen atoms in total. The van der Waals surface area contributed by atoms with Crippen molar-refractivity contribution in [2.45, 2.75) is 0 Å². The Hall–Kier alpha value is -0.930. The van der Waals surface area contributed by atoms with Crippen LogP contribution in [0.3, 0.4) is 0 Å². The van der Waals surface area contributed by atoms with E-state index in [-0.39, 0.29) is 11.0 Å². The first kappa shape index (κ1) is 17.9. The molecule has 3 rings (SSSR count). The van der Waals surface area contributed by atoms with Crippen molar-refractivity contribution in [1.29, 1.82) is 0 Å². The molecular weight excluding hydrogens is 498 g/mol. The number of halogens is 3. The Morgan fingerprint density at radius 1 is 1.17 bits per heavy atom. The summed E-state index contributed by atoms with van der Waals surface area (Å²) in [5, 5.41) is 7.69. The van der Waals surface area contributed by atoms with Crippen LogP contribution in [0.2, 0.25) is 10.0 Å². The number of rotatable bonds is 2. The first-order valence-electron chi connectivity index (χ1n) is 6.70. The highest BCUT2D eigenvalue weighted by atomic mass is 127. The van der Waals surface area contributed by atoms with Crippen molar-refractivity contribution in [3.63, 3.8) is 0 Å². The second-order valence-corrected chi connectivity index (χ2v) is 8.21. The third-order valence-electron chi connectivity index (χ3n) is 3.15. The van der Waals surface area contributed by atoms with E-state index in [4.69, 9.17) is 35.4 Å². The molecule has 0 saturated carbocycles. The number of nitrogens with one attached hydrogen (secondary N) is 2. The zero-order valence-corrected chi connectivity index (χ0v) is 17.2. The zero-order valence-electron chi connectivity index (χ0n) is 11.9. The molecule has 0 fully saturated rings. The molecule has 0 aliphatic heterocycles. The molecule has 0 atom stereocenters. The number of anilines is 1. The molecule has 2 N–H and O–H groups in total. The van der Waals surface area contributed by atoms with Gasteiger partial charge in [-0.05, 0) is 59.1 Å². The number of thiophene rings is 1. The number of hydrogen-bond acceptors (Lipinski definition) is 3. The highest BCUT2D eigenvalue weighted by Crippen LogP contribution is 2.36. The van der Waals surface area contributed by atoms with Crippen LogP contribution in [0.15, 0.2) is 42.5 Å². The van der Waals surface area contributed by atoms with E-state index in [1.165, 1.54) is 11.3 Å². The Morgan fingerprint density at radius 2 is 1.92 bits per heavy atom. The van der Waals surface area contributed by atoms with Gasteiger partial charge in [0.2, 0.25) is 0 Å². The van der Waals surface area contributed by atoms with Crippen molar-refractivity contribution < 1.29 is 4.79 Å². The summed E-state index contributed by atoms with van der Waals surface area (Å²) in [4.78, 5) is 12.9. The molecule has 3 aromatic rings. The predicted molar refractivity (Wildman–Crippen MR) is 115 cm³/mol. The number of benzene rings is 2. The van der Waals surface area contributed by atoms with Crippen molar-refractivity contribution in [1.82, 2.24) is 5.32 Å². The van der Waals surface area contributed by atoms with Crippen molar-refractivity contribution >= 4 is 96.1 Å². The predicted octanol–water partition coefficient (Wildman–Crippen LogP) is 5.94. The summed E-state index contributed by atoms with van der Waals surface area (Å²) in [5.74, 6) is -0.347. The molecule has 0 saturated heterocycles. The number of carbonyl (C=O) groups excluding carboxylic acids is 1. The lowest BCUT2D eigenvalue weighted by molar-refractivity contribution is 0.0982. The van der Waals surface area contributed by atoms with Crippen LogP contribution in [0.5, 0.6) is 0 Å². The molecule has 122 valence electrons. The van der Waals surface area contributed by atoms with Crippen LogP contribution in [0, 0.1) is 3.57 Å². The van der Waals surface area contributed by atoms with E-state index in [1.807, 2.05) is 24.3 Å². The highest BCUT2D eigenvalue weighted by Gasteiger charge is 2.18. The van der Waals surface area contributed by atoms with E-state index in [9.17, 15) is 4.79 Å². The van der Waals surface area contributed by atoms with Crippen molar-refractivity contribution in [2.24, 2.45) is 0 Å². The van der Waals surface area contributed by atoms with Crippen molar-refractivity contribution in [2.75, 3.05) is 5.32 Å². The molecule has 2 aromatic carbocycles. The van der Waals surface area contributed by atoms with Gasteiger partial charge in [-0.1, -0.05) is 41.4 Å². The number of hydrogen-bond donors (Lipinski definition) is 2. The largest absolute Gasteiger partial charge is 0.332 e. The van der Waals surface area contributed by atoms with Gasteiger partial charge in [-0.25, -0.2) is 0 Å². The third kappa shape index (κ3) is 3.83. The quantitative estimate of drug-likeness (QED) is 0.334. The molecule has 0 aliphatic rings. The topological polar surface area (TPSA) is 41.1 Å². The maximum absolute atomic E-state index is 12.5. The average molecular weight is 507 g/mol. The van der Waals surface area contributed by atoms with Gasteiger partial charge in [-0.2, -0.15) is 0 Å². The highest BCUT2D eigenvalue weighted by molar-refractivity contribution is 14.1. The summed E-state index contributed by atoms with van der Waals surface area (Å²) in [7, 11) is 0. The molecule has 0 radical (unpaired) electrons. The van der Waals surface area contributed by atoms with E-state index >= 15 is 0 Å². The molecule has 24 heavy (non-hydrogen) atoms. The number of carbonyl (C=O) groups is 1. The molecule has 0 unspecified atom stereocenters. The van der Waals surface area contributed by atoms with Gasteiger partial charge in [0.05, 0.1) is 10.7 Å². The van der Waals surface area contributed by atoms with Gasteiger partial charge in [0, 0.05) is 18.7 Å². The fourth-order valence-electron chi connectivity index (χ4n) is 2.06.